The Morgan fingerprint density at radius 2 is 1.82 bits per heavy atom. The monoisotopic (exact) mass is 689 g/mol. The number of benzene rings is 2. The van der Waals surface area contributed by atoms with Crippen LogP contribution in [-0.4, -0.2) is 69.6 Å². The van der Waals surface area contributed by atoms with Crippen molar-refractivity contribution in [3.05, 3.63) is 129 Å². The quantitative estimate of drug-likeness (QED) is 0.190. The third kappa shape index (κ3) is 6.53. The van der Waals surface area contributed by atoms with E-state index in [9.17, 15) is 19.5 Å². The molecule has 0 spiro atoms. The number of nitrogens with one attached hydrogen (secondary N) is 2. The largest absolute Gasteiger partial charge is 0.384 e. The molecular weight excluding hydrogens is 653 g/mol. The second-order valence-corrected chi connectivity index (χ2v) is 13.1. The van der Waals surface area contributed by atoms with Crippen LogP contribution >= 0.6 is 0 Å². The van der Waals surface area contributed by atoms with Gasteiger partial charge in [0.15, 0.2) is 11.5 Å². The molecule has 7 rings (SSSR count). The maximum atomic E-state index is 15.0. The van der Waals surface area contributed by atoms with Crippen molar-refractivity contribution in [3.63, 3.8) is 0 Å². The van der Waals surface area contributed by atoms with Gasteiger partial charge in [-0.25, -0.2) is 28.8 Å². The Morgan fingerprint density at radius 3 is 2.57 bits per heavy atom. The molecule has 1 amide bonds. The Hall–Kier alpha value is -6.02. The van der Waals surface area contributed by atoms with Crippen LogP contribution < -0.4 is 16.4 Å². The van der Waals surface area contributed by atoms with Crippen molar-refractivity contribution in [1.82, 2.24) is 39.4 Å². The molecule has 0 atom stereocenters. The Morgan fingerprint density at radius 1 is 1.06 bits per heavy atom. The Labute approximate surface area is 291 Å². The number of amides is 1. The average Bonchev–Trinajstić information content (AvgIpc) is 3.40. The van der Waals surface area contributed by atoms with E-state index in [4.69, 9.17) is 4.98 Å². The number of aliphatic hydroxyl groups is 1. The zero-order chi connectivity index (χ0) is 35.9. The molecule has 0 bridgehead atoms. The summed E-state index contributed by atoms with van der Waals surface area (Å²) in [6.07, 6.45) is 4.50. The zero-order valence-electron chi connectivity index (χ0n) is 28.1. The van der Waals surface area contributed by atoms with Crippen LogP contribution in [0, 0.1) is 5.82 Å². The molecule has 1 aliphatic heterocycles. The van der Waals surface area contributed by atoms with Gasteiger partial charge in [-0.05, 0) is 62.6 Å². The normalized spacial score (nSPS) is 13.9. The summed E-state index contributed by atoms with van der Waals surface area (Å²) < 4.78 is 18.1. The van der Waals surface area contributed by atoms with Gasteiger partial charge in [-0.15, -0.1) is 6.58 Å². The molecule has 0 saturated carbocycles. The number of fused-ring (bicyclic) bond motifs is 2. The number of hydrogen-bond donors (Lipinski definition) is 3. The van der Waals surface area contributed by atoms with Gasteiger partial charge in [0.2, 0.25) is 5.95 Å². The van der Waals surface area contributed by atoms with Gasteiger partial charge in [0.05, 0.1) is 28.9 Å². The average molecular weight is 690 g/mol. The molecule has 0 unspecified atom stereocenters. The summed E-state index contributed by atoms with van der Waals surface area (Å²) in [4.78, 5) is 54.5. The molecule has 5 heterocycles. The molecule has 1 fully saturated rings. The van der Waals surface area contributed by atoms with Crippen molar-refractivity contribution in [3.8, 4) is 5.82 Å². The first-order valence-corrected chi connectivity index (χ1v) is 16.6. The second-order valence-electron chi connectivity index (χ2n) is 13.1. The minimum absolute atomic E-state index is 0.0225. The van der Waals surface area contributed by atoms with Crippen molar-refractivity contribution >= 4 is 33.7 Å². The summed E-state index contributed by atoms with van der Waals surface area (Å²) >= 11 is 0. The highest BCUT2D eigenvalue weighted by Gasteiger charge is 2.27. The number of allylic oxidation sites excluding steroid dienone is 1. The number of carbonyl (C=O) groups excluding carboxylic acids is 1. The lowest BCUT2D eigenvalue weighted by Crippen LogP contribution is -2.42. The van der Waals surface area contributed by atoms with E-state index in [2.05, 4.69) is 32.1 Å². The smallest absolute Gasteiger partial charge is 0.278 e. The van der Waals surface area contributed by atoms with Crippen molar-refractivity contribution < 1.29 is 14.3 Å². The molecule has 6 aromatic rings. The molecule has 13 nitrogen and oxygen atoms in total. The lowest BCUT2D eigenvalue weighted by Gasteiger charge is -2.32. The van der Waals surface area contributed by atoms with Crippen molar-refractivity contribution in [2.45, 2.75) is 51.3 Å². The van der Waals surface area contributed by atoms with Crippen molar-refractivity contribution in [2.24, 2.45) is 0 Å². The zero-order valence-corrected chi connectivity index (χ0v) is 28.1. The number of halogens is 1. The lowest BCUT2D eigenvalue weighted by molar-refractivity contribution is 0.0712. The fourth-order valence-corrected chi connectivity index (χ4v) is 6.43. The van der Waals surface area contributed by atoms with Crippen LogP contribution in [0.15, 0.2) is 89.1 Å². The molecule has 1 saturated heterocycles. The van der Waals surface area contributed by atoms with E-state index in [0.29, 0.717) is 82.9 Å². The van der Waals surface area contributed by atoms with Gasteiger partial charge in [-0.2, -0.15) is 10.1 Å². The number of piperidine rings is 1. The number of carbonyl (C=O) groups is 1. The van der Waals surface area contributed by atoms with E-state index in [-0.39, 0.29) is 29.3 Å². The summed E-state index contributed by atoms with van der Waals surface area (Å²) in [5, 5.41) is 22.2. The van der Waals surface area contributed by atoms with E-state index in [1.54, 1.807) is 72.0 Å². The van der Waals surface area contributed by atoms with Gasteiger partial charge in [0.25, 0.3) is 17.0 Å². The molecule has 0 aliphatic carbocycles. The summed E-state index contributed by atoms with van der Waals surface area (Å²) in [5.41, 5.74) is 0.262. The highest BCUT2D eigenvalue weighted by molar-refractivity contribution is 5.95. The van der Waals surface area contributed by atoms with Crippen molar-refractivity contribution in [1.29, 1.82) is 0 Å². The van der Waals surface area contributed by atoms with Crippen LogP contribution in [0.1, 0.15) is 54.0 Å². The number of hydrogen-bond acceptors (Lipinski definition) is 9. The summed E-state index contributed by atoms with van der Waals surface area (Å²) in [6.45, 7) is 8.01. The summed E-state index contributed by atoms with van der Waals surface area (Å²) in [7, 11) is 0. The Bertz CT molecular complexity index is 2420. The fraction of sp³-hybridized carbons (Fsp3) is 0.270. The number of rotatable bonds is 9. The molecule has 1 aliphatic rings. The molecule has 0 radical (unpaired) electrons. The number of pyridine rings is 1. The van der Waals surface area contributed by atoms with Gasteiger partial charge in [-0.3, -0.25) is 14.4 Å². The number of anilines is 1. The Kier molecular flexibility index (Phi) is 8.77. The van der Waals surface area contributed by atoms with Crippen molar-refractivity contribution in [2.75, 3.05) is 18.4 Å². The highest BCUT2D eigenvalue weighted by atomic mass is 19.1. The topological polar surface area (TPSA) is 164 Å². The second kappa shape index (κ2) is 13.4. The SMILES string of the molecule is C=CCn1c(=O)c2cnc(NC3CCN(C(=O)c4cc(Cc5n[nH]c(=O)c6ccccc56)ccc4F)CC3)nc2n1-c1cccc(C(C)(C)O)n1. The van der Waals surface area contributed by atoms with Crippen LogP contribution in [0.3, 0.4) is 0 Å². The minimum Gasteiger partial charge on any atom is -0.384 e. The highest BCUT2D eigenvalue weighted by Crippen LogP contribution is 2.24. The van der Waals surface area contributed by atoms with Crippen LogP contribution in [0.25, 0.3) is 27.6 Å². The van der Waals surface area contributed by atoms with E-state index in [1.807, 2.05) is 12.1 Å². The van der Waals surface area contributed by atoms with Gasteiger partial charge in [-0.1, -0.05) is 36.4 Å². The molecule has 51 heavy (non-hydrogen) atoms. The minimum atomic E-state index is -1.20. The maximum absolute atomic E-state index is 15.0. The Balaban J connectivity index is 1.08. The predicted molar refractivity (Wildman–Crippen MR) is 190 cm³/mol. The first-order chi connectivity index (χ1) is 24.5. The first kappa shape index (κ1) is 33.5. The first-order valence-electron chi connectivity index (χ1n) is 16.6. The van der Waals surface area contributed by atoms with Crippen LogP contribution in [0.5, 0.6) is 0 Å². The lowest BCUT2D eigenvalue weighted by atomic mass is 10.0. The molecular formula is C37H36FN9O4. The van der Waals surface area contributed by atoms with Gasteiger partial charge in [0.1, 0.15) is 16.8 Å². The molecule has 4 aromatic heterocycles. The van der Waals surface area contributed by atoms with E-state index >= 15 is 4.39 Å². The predicted octanol–water partition coefficient (Wildman–Crippen LogP) is 4.07. The standard InChI is InChI=1S/C37H36FN9O4/c1-4-16-46-35(50)27-21-39-36(42-32(27)47(46)31-11-7-10-30(41-31)37(2,3)51)40-23-14-17-45(18-15-23)34(49)26-19-22(12-13-28(26)38)20-29-24-8-5-6-9-25(24)33(48)44-43-29/h4-13,19,21,23,51H,1,14-18,20H2,2-3H3,(H,44,48)(H,39,40,42). The molecule has 2 aromatic carbocycles. The fourth-order valence-electron chi connectivity index (χ4n) is 6.43. The number of likely N-dealkylation sites (tertiary alicyclic amines) is 1. The number of H-pyrrole nitrogens is 1. The maximum Gasteiger partial charge on any atom is 0.278 e. The molecule has 14 heteroatoms. The van der Waals surface area contributed by atoms with E-state index in [1.165, 1.54) is 16.9 Å². The molecule has 3 N–H and O–H groups in total. The third-order valence-corrected chi connectivity index (χ3v) is 9.08. The van der Waals surface area contributed by atoms with E-state index in [0.717, 1.165) is 0 Å². The van der Waals surface area contributed by atoms with Gasteiger partial charge in [0, 0.05) is 37.1 Å². The van der Waals surface area contributed by atoms with Gasteiger partial charge < -0.3 is 15.3 Å². The summed E-state index contributed by atoms with van der Waals surface area (Å²) in [5.74, 6) is -0.308. The van der Waals surface area contributed by atoms with Crippen LogP contribution in [0.4, 0.5) is 10.3 Å². The van der Waals surface area contributed by atoms with Gasteiger partial charge >= 0.3 is 0 Å². The number of aromatic amines is 1. The number of nitrogens with zero attached hydrogens (tertiary/aromatic N) is 7. The van der Waals surface area contributed by atoms with Crippen LogP contribution in [0.2, 0.25) is 0 Å². The summed E-state index contributed by atoms with van der Waals surface area (Å²) in [6, 6.07) is 16.7. The molecule has 260 valence electrons. The van der Waals surface area contributed by atoms with E-state index < -0.39 is 17.3 Å². The number of aromatic nitrogens is 7. The third-order valence-electron chi connectivity index (χ3n) is 9.08. The van der Waals surface area contributed by atoms with Crippen LogP contribution in [-0.2, 0) is 18.6 Å².